The lowest BCUT2D eigenvalue weighted by Crippen LogP contribution is -2.32. The van der Waals surface area contributed by atoms with Crippen LogP contribution in [0.4, 0.5) is 0 Å². The van der Waals surface area contributed by atoms with Crippen molar-refractivity contribution in [2.75, 3.05) is 6.54 Å². The largest absolute Gasteiger partial charge is 0.481 e. The molecular formula is C16H26N2O3. The summed E-state index contributed by atoms with van der Waals surface area (Å²) in [5.41, 5.74) is 0.635. The van der Waals surface area contributed by atoms with Crippen molar-refractivity contribution in [3.8, 4) is 0 Å². The maximum Gasteiger partial charge on any atom is 0.303 e. The molecule has 1 rings (SSSR count). The van der Waals surface area contributed by atoms with E-state index in [1.807, 2.05) is 16.8 Å². The molecule has 0 bridgehead atoms. The Hall–Kier alpha value is -1.78. The molecule has 21 heavy (non-hydrogen) atoms. The molecule has 0 aromatic carbocycles. The normalized spacial score (nSPS) is 12.4. The van der Waals surface area contributed by atoms with E-state index < -0.39 is 5.97 Å². The van der Waals surface area contributed by atoms with E-state index in [0.717, 1.165) is 19.4 Å². The lowest BCUT2D eigenvalue weighted by Gasteiger charge is -2.18. The lowest BCUT2D eigenvalue weighted by molar-refractivity contribution is -0.138. The Balaban J connectivity index is 2.59. The Labute approximate surface area is 126 Å². The van der Waals surface area contributed by atoms with E-state index in [0.29, 0.717) is 18.2 Å². The Morgan fingerprint density at radius 2 is 2.10 bits per heavy atom. The summed E-state index contributed by atoms with van der Waals surface area (Å²) in [6, 6.07) is 3.65. The molecule has 0 fully saturated rings. The van der Waals surface area contributed by atoms with Gasteiger partial charge in [0.05, 0.1) is 0 Å². The van der Waals surface area contributed by atoms with E-state index in [9.17, 15) is 9.59 Å². The third-order valence-corrected chi connectivity index (χ3v) is 3.35. The Bertz CT molecular complexity index is 466. The molecule has 0 saturated heterocycles. The number of hydrogen-bond acceptors (Lipinski definition) is 2. The van der Waals surface area contributed by atoms with Gasteiger partial charge in [-0.15, -0.1) is 0 Å². The molecule has 2 N–H and O–H groups in total. The summed E-state index contributed by atoms with van der Waals surface area (Å²) >= 11 is 0. The van der Waals surface area contributed by atoms with Crippen LogP contribution in [0.1, 0.15) is 50.5 Å². The number of nitrogens with one attached hydrogen (secondary N) is 1. The topological polar surface area (TPSA) is 71.3 Å². The average molecular weight is 294 g/mol. The van der Waals surface area contributed by atoms with Gasteiger partial charge in [0.2, 0.25) is 0 Å². The third kappa shape index (κ3) is 6.02. The molecule has 118 valence electrons. The van der Waals surface area contributed by atoms with Crippen molar-refractivity contribution in [1.82, 2.24) is 9.88 Å². The minimum Gasteiger partial charge on any atom is -0.481 e. The number of aryl methyl sites for hydroxylation is 1. The fraction of sp³-hybridized carbons (Fsp3) is 0.625. The van der Waals surface area contributed by atoms with Gasteiger partial charge in [0, 0.05) is 25.7 Å². The van der Waals surface area contributed by atoms with Gasteiger partial charge in [-0.2, -0.15) is 0 Å². The van der Waals surface area contributed by atoms with Crippen molar-refractivity contribution in [2.45, 2.75) is 46.6 Å². The minimum absolute atomic E-state index is 0.0268. The highest BCUT2D eigenvalue weighted by Gasteiger charge is 2.17. The highest BCUT2D eigenvalue weighted by atomic mass is 16.4. The number of carboxylic acids is 1. The molecule has 5 nitrogen and oxygen atoms in total. The standard InChI is InChI=1S/C16H26N2O3/c1-4-7-18-8-5-6-14(18)16(21)17-11-13(9-12(2)3)10-15(19)20/h5-6,8,12-13H,4,7,9-11H2,1-3H3,(H,17,21)(H,19,20)/t13-/m0/s1. The van der Waals surface area contributed by atoms with Gasteiger partial charge in [0.25, 0.3) is 5.91 Å². The van der Waals surface area contributed by atoms with Crippen LogP contribution < -0.4 is 5.32 Å². The molecule has 1 atom stereocenters. The van der Waals surface area contributed by atoms with E-state index in [4.69, 9.17) is 5.11 Å². The average Bonchev–Trinajstić information content (AvgIpc) is 2.83. The van der Waals surface area contributed by atoms with E-state index in [1.54, 1.807) is 6.07 Å². The van der Waals surface area contributed by atoms with Crippen LogP contribution >= 0.6 is 0 Å². The molecule has 0 aliphatic rings. The number of aliphatic carboxylic acids is 1. The quantitative estimate of drug-likeness (QED) is 0.735. The van der Waals surface area contributed by atoms with Gasteiger partial charge < -0.3 is 15.0 Å². The fourth-order valence-corrected chi connectivity index (χ4v) is 2.54. The maximum absolute atomic E-state index is 12.2. The second kappa shape index (κ2) is 8.49. The van der Waals surface area contributed by atoms with Crippen molar-refractivity contribution in [3.63, 3.8) is 0 Å². The van der Waals surface area contributed by atoms with Crippen molar-refractivity contribution in [2.24, 2.45) is 11.8 Å². The number of carbonyl (C=O) groups is 2. The smallest absolute Gasteiger partial charge is 0.303 e. The molecule has 1 aromatic heterocycles. The minimum atomic E-state index is -0.816. The zero-order valence-electron chi connectivity index (χ0n) is 13.1. The van der Waals surface area contributed by atoms with Gasteiger partial charge >= 0.3 is 5.97 Å². The Morgan fingerprint density at radius 3 is 2.67 bits per heavy atom. The Morgan fingerprint density at radius 1 is 1.38 bits per heavy atom. The summed E-state index contributed by atoms with van der Waals surface area (Å²) in [5.74, 6) is -0.562. The van der Waals surface area contributed by atoms with Crippen molar-refractivity contribution >= 4 is 11.9 Å². The van der Waals surface area contributed by atoms with Crippen LogP contribution in [0.3, 0.4) is 0 Å². The fourth-order valence-electron chi connectivity index (χ4n) is 2.54. The van der Waals surface area contributed by atoms with Crippen LogP contribution in [0.5, 0.6) is 0 Å². The molecule has 0 saturated carbocycles. The first-order chi connectivity index (χ1) is 9.93. The van der Waals surface area contributed by atoms with Crippen LogP contribution in [0.25, 0.3) is 0 Å². The summed E-state index contributed by atoms with van der Waals surface area (Å²) in [4.78, 5) is 23.1. The van der Waals surface area contributed by atoms with Crippen LogP contribution in [-0.4, -0.2) is 28.1 Å². The first-order valence-electron chi connectivity index (χ1n) is 7.59. The Kier molecular flexibility index (Phi) is 6.99. The van der Waals surface area contributed by atoms with Crippen molar-refractivity contribution in [3.05, 3.63) is 24.0 Å². The van der Waals surface area contributed by atoms with Crippen molar-refractivity contribution < 1.29 is 14.7 Å². The molecular weight excluding hydrogens is 268 g/mol. The monoisotopic (exact) mass is 294 g/mol. The molecule has 5 heteroatoms. The van der Waals surface area contributed by atoms with E-state index in [1.165, 1.54) is 0 Å². The number of hydrogen-bond donors (Lipinski definition) is 2. The molecule has 0 aliphatic carbocycles. The van der Waals surface area contributed by atoms with Gasteiger partial charge in [-0.1, -0.05) is 20.8 Å². The highest BCUT2D eigenvalue weighted by Crippen LogP contribution is 2.15. The number of carboxylic acid groups (broad SMARTS) is 1. The second-order valence-corrected chi connectivity index (χ2v) is 5.89. The summed E-state index contributed by atoms with van der Waals surface area (Å²) in [6.07, 6.45) is 3.74. The number of aromatic nitrogens is 1. The lowest BCUT2D eigenvalue weighted by atomic mass is 9.94. The second-order valence-electron chi connectivity index (χ2n) is 5.89. The van der Waals surface area contributed by atoms with Crippen LogP contribution in [0, 0.1) is 11.8 Å². The zero-order valence-corrected chi connectivity index (χ0v) is 13.1. The molecule has 0 spiro atoms. The first kappa shape index (κ1) is 17.3. The SMILES string of the molecule is CCCn1cccc1C(=O)NC[C@H](CC(=O)O)CC(C)C. The van der Waals surface area contributed by atoms with Crippen LogP contribution in [-0.2, 0) is 11.3 Å². The first-order valence-corrected chi connectivity index (χ1v) is 7.59. The summed E-state index contributed by atoms with van der Waals surface area (Å²) in [7, 11) is 0. The summed E-state index contributed by atoms with van der Waals surface area (Å²) < 4.78 is 1.92. The van der Waals surface area contributed by atoms with E-state index >= 15 is 0 Å². The molecule has 1 heterocycles. The molecule has 1 amide bonds. The van der Waals surface area contributed by atoms with Crippen molar-refractivity contribution in [1.29, 1.82) is 0 Å². The van der Waals surface area contributed by atoms with Gasteiger partial charge in [-0.25, -0.2) is 0 Å². The van der Waals surface area contributed by atoms with E-state index in [-0.39, 0.29) is 18.2 Å². The van der Waals surface area contributed by atoms with Crippen LogP contribution in [0.2, 0.25) is 0 Å². The molecule has 0 radical (unpaired) electrons. The van der Waals surface area contributed by atoms with Crippen LogP contribution in [0.15, 0.2) is 18.3 Å². The van der Waals surface area contributed by atoms with Gasteiger partial charge in [-0.3, -0.25) is 9.59 Å². The molecule has 0 aliphatic heterocycles. The number of amides is 1. The molecule has 1 aromatic rings. The zero-order chi connectivity index (χ0) is 15.8. The maximum atomic E-state index is 12.2. The number of rotatable bonds is 9. The van der Waals surface area contributed by atoms with Gasteiger partial charge in [0.1, 0.15) is 5.69 Å². The predicted octanol–water partition coefficient (Wildman–Crippen LogP) is 2.76. The summed E-state index contributed by atoms with van der Waals surface area (Å²) in [5, 5.41) is 11.8. The highest BCUT2D eigenvalue weighted by molar-refractivity contribution is 5.92. The predicted molar refractivity (Wildman–Crippen MR) is 82.3 cm³/mol. The third-order valence-electron chi connectivity index (χ3n) is 3.35. The molecule has 0 unspecified atom stereocenters. The number of carbonyl (C=O) groups excluding carboxylic acids is 1. The summed E-state index contributed by atoms with van der Waals surface area (Å²) in [6.45, 7) is 7.39. The number of nitrogens with zero attached hydrogens (tertiary/aromatic N) is 1. The van der Waals surface area contributed by atoms with Gasteiger partial charge in [-0.05, 0) is 36.8 Å². The van der Waals surface area contributed by atoms with E-state index in [2.05, 4.69) is 26.1 Å². The van der Waals surface area contributed by atoms with Gasteiger partial charge in [0.15, 0.2) is 0 Å².